The Balaban J connectivity index is 2.20. The Morgan fingerprint density at radius 2 is 2.06 bits per heavy atom. The molecule has 0 bridgehead atoms. The molecule has 4 nitrogen and oxygen atoms in total. The molecule has 1 fully saturated rings. The van der Waals surface area contributed by atoms with E-state index in [-0.39, 0.29) is 5.91 Å². The predicted molar refractivity (Wildman–Crippen MR) is 66.7 cm³/mol. The van der Waals surface area contributed by atoms with Crippen LogP contribution in [-0.4, -0.2) is 20.0 Å². The second kappa shape index (κ2) is 4.10. The van der Waals surface area contributed by atoms with Crippen molar-refractivity contribution >= 4 is 17.3 Å². The Bertz CT molecular complexity index is 484. The number of carbonyl (C=O) groups is 1. The first-order valence-electron chi connectivity index (χ1n) is 5.58. The molecule has 1 N–H and O–H groups in total. The van der Waals surface area contributed by atoms with E-state index in [9.17, 15) is 4.79 Å². The van der Waals surface area contributed by atoms with Gasteiger partial charge >= 0.3 is 0 Å². The van der Waals surface area contributed by atoms with Gasteiger partial charge in [0.25, 0.3) is 0 Å². The van der Waals surface area contributed by atoms with Crippen LogP contribution in [0.3, 0.4) is 0 Å². The Hall–Kier alpha value is -2.02. The first-order valence-corrected chi connectivity index (χ1v) is 5.58. The van der Waals surface area contributed by atoms with Gasteiger partial charge in [-0.05, 0) is 25.0 Å². The van der Waals surface area contributed by atoms with E-state index in [1.807, 2.05) is 43.3 Å². The third-order valence-corrected chi connectivity index (χ3v) is 3.03. The van der Waals surface area contributed by atoms with Gasteiger partial charge in [0, 0.05) is 14.1 Å². The number of hydrogen-bond donors (Lipinski definition) is 1. The third kappa shape index (κ3) is 2.09. The van der Waals surface area contributed by atoms with Gasteiger partial charge in [-0.25, -0.2) is 0 Å². The van der Waals surface area contributed by atoms with E-state index < -0.39 is 5.41 Å². The molecule has 1 aromatic carbocycles. The number of nitrogens with zero attached hydrogens (tertiary/aromatic N) is 2. The summed E-state index contributed by atoms with van der Waals surface area (Å²) < 4.78 is 0. The zero-order valence-corrected chi connectivity index (χ0v) is 10.0. The number of amides is 1. The molecule has 4 heteroatoms. The van der Waals surface area contributed by atoms with Gasteiger partial charge < -0.3 is 10.2 Å². The summed E-state index contributed by atoms with van der Waals surface area (Å²) in [4.78, 5) is 13.9. The second-order valence-electron chi connectivity index (χ2n) is 4.56. The van der Waals surface area contributed by atoms with Crippen molar-refractivity contribution in [2.24, 2.45) is 5.41 Å². The van der Waals surface area contributed by atoms with Gasteiger partial charge in [-0.3, -0.25) is 4.79 Å². The molecule has 2 rings (SSSR count). The highest BCUT2D eigenvalue weighted by Crippen LogP contribution is 2.46. The Morgan fingerprint density at radius 1 is 1.41 bits per heavy atom. The van der Waals surface area contributed by atoms with Gasteiger partial charge in [-0.1, -0.05) is 12.1 Å². The third-order valence-electron chi connectivity index (χ3n) is 3.03. The fourth-order valence-electron chi connectivity index (χ4n) is 1.73. The lowest BCUT2D eigenvalue weighted by Gasteiger charge is -2.18. The standard InChI is InChI=1S/C13H15N3O/c1-16(2)11-6-4-3-5-10(11)15-12(17)13(9-14)7-8-13/h3-6H,7-8H2,1-2H3,(H,15,17). The van der Waals surface area contributed by atoms with Gasteiger partial charge in [0.2, 0.25) is 5.91 Å². The molecular formula is C13H15N3O. The maximum Gasteiger partial charge on any atom is 0.244 e. The van der Waals surface area contributed by atoms with Crippen LogP contribution >= 0.6 is 0 Å². The number of benzene rings is 1. The topological polar surface area (TPSA) is 56.1 Å². The number of rotatable bonds is 3. The molecule has 0 saturated heterocycles. The zero-order chi connectivity index (χ0) is 12.5. The average molecular weight is 229 g/mol. The first-order chi connectivity index (χ1) is 8.09. The van der Waals surface area contributed by atoms with Crippen LogP contribution in [0.5, 0.6) is 0 Å². The van der Waals surface area contributed by atoms with Crippen molar-refractivity contribution in [3.8, 4) is 6.07 Å². The number of nitriles is 1. The fourth-order valence-corrected chi connectivity index (χ4v) is 1.73. The maximum atomic E-state index is 12.0. The largest absolute Gasteiger partial charge is 0.376 e. The Kier molecular flexibility index (Phi) is 2.76. The quantitative estimate of drug-likeness (QED) is 0.862. The number of hydrogen-bond acceptors (Lipinski definition) is 3. The van der Waals surface area contributed by atoms with Crippen molar-refractivity contribution in [2.75, 3.05) is 24.3 Å². The molecular weight excluding hydrogens is 214 g/mol. The summed E-state index contributed by atoms with van der Waals surface area (Å²) in [5.41, 5.74) is 0.915. The van der Waals surface area contributed by atoms with Crippen molar-refractivity contribution in [1.82, 2.24) is 0 Å². The Labute approximate surface area is 101 Å². The zero-order valence-electron chi connectivity index (χ0n) is 10.0. The molecule has 1 aliphatic carbocycles. The van der Waals surface area contributed by atoms with Crippen LogP contribution in [-0.2, 0) is 4.79 Å². The van der Waals surface area contributed by atoms with Crippen LogP contribution < -0.4 is 10.2 Å². The smallest absolute Gasteiger partial charge is 0.244 e. The lowest BCUT2D eigenvalue weighted by atomic mass is 10.1. The van der Waals surface area contributed by atoms with E-state index in [1.54, 1.807) is 0 Å². The molecule has 0 radical (unpaired) electrons. The average Bonchev–Trinajstić information content (AvgIpc) is 3.10. The second-order valence-corrected chi connectivity index (χ2v) is 4.56. The summed E-state index contributed by atoms with van der Waals surface area (Å²) in [7, 11) is 3.84. The molecule has 0 aromatic heterocycles. The van der Waals surface area contributed by atoms with E-state index in [0.29, 0.717) is 12.8 Å². The fraction of sp³-hybridized carbons (Fsp3) is 0.385. The van der Waals surface area contributed by atoms with Gasteiger partial charge in [-0.15, -0.1) is 0 Å². The van der Waals surface area contributed by atoms with Crippen molar-refractivity contribution in [3.63, 3.8) is 0 Å². The van der Waals surface area contributed by atoms with E-state index >= 15 is 0 Å². The number of para-hydroxylation sites is 2. The molecule has 1 aliphatic rings. The molecule has 0 aliphatic heterocycles. The van der Waals surface area contributed by atoms with Crippen molar-refractivity contribution < 1.29 is 4.79 Å². The molecule has 1 amide bonds. The summed E-state index contributed by atoms with van der Waals surface area (Å²) in [5.74, 6) is -0.186. The van der Waals surface area contributed by atoms with Crippen molar-refractivity contribution in [2.45, 2.75) is 12.8 Å². The van der Waals surface area contributed by atoms with Crippen molar-refractivity contribution in [1.29, 1.82) is 5.26 Å². The minimum Gasteiger partial charge on any atom is -0.376 e. The lowest BCUT2D eigenvalue weighted by Crippen LogP contribution is -2.24. The van der Waals surface area contributed by atoms with Crippen LogP contribution in [0, 0.1) is 16.7 Å². The maximum absolute atomic E-state index is 12.0. The summed E-state index contributed by atoms with van der Waals surface area (Å²) in [5, 5.41) is 11.8. The number of carbonyl (C=O) groups excluding carboxylic acids is 1. The normalized spacial score (nSPS) is 15.8. The summed E-state index contributed by atoms with van der Waals surface area (Å²) >= 11 is 0. The summed E-state index contributed by atoms with van der Waals surface area (Å²) in [6.07, 6.45) is 1.33. The lowest BCUT2D eigenvalue weighted by molar-refractivity contribution is -0.119. The van der Waals surface area contributed by atoms with Crippen LogP contribution in [0.4, 0.5) is 11.4 Å². The molecule has 1 aromatic rings. The molecule has 17 heavy (non-hydrogen) atoms. The molecule has 1 saturated carbocycles. The number of anilines is 2. The Morgan fingerprint density at radius 3 is 2.59 bits per heavy atom. The van der Waals surface area contributed by atoms with Crippen LogP contribution in [0.25, 0.3) is 0 Å². The summed E-state index contributed by atoms with van der Waals surface area (Å²) in [6, 6.07) is 9.66. The van der Waals surface area contributed by atoms with Gasteiger partial charge in [-0.2, -0.15) is 5.26 Å². The number of nitrogens with one attached hydrogen (secondary N) is 1. The minimum absolute atomic E-state index is 0.186. The highest BCUT2D eigenvalue weighted by Gasteiger charge is 2.50. The minimum atomic E-state index is -0.778. The van der Waals surface area contributed by atoms with E-state index in [4.69, 9.17) is 5.26 Å². The van der Waals surface area contributed by atoms with Crippen LogP contribution in [0.2, 0.25) is 0 Å². The van der Waals surface area contributed by atoms with Gasteiger partial charge in [0.15, 0.2) is 0 Å². The van der Waals surface area contributed by atoms with Gasteiger partial charge in [0.05, 0.1) is 17.4 Å². The van der Waals surface area contributed by atoms with E-state index in [1.165, 1.54) is 0 Å². The molecule has 0 atom stereocenters. The highest BCUT2D eigenvalue weighted by molar-refractivity contribution is 6.01. The molecule has 88 valence electrons. The highest BCUT2D eigenvalue weighted by atomic mass is 16.2. The van der Waals surface area contributed by atoms with Crippen LogP contribution in [0.15, 0.2) is 24.3 Å². The predicted octanol–water partition coefficient (Wildman–Crippen LogP) is 1.99. The monoisotopic (exact) mass is 229 g/mol. The van der Waals surface area contributed by atoms with Crippen molar-refractivity contribution in [3.05, 3.63) is 24.3 Å². The van der Waals surface area contributed by atoms with Gasteiger partial charge in [0.1, 0.15) is 5.41 Å². The first kappa shape index (κ1) is 11.5. The van der Waals surface area contributed by atoms with E-state index in [0.717, 1.165) is 11.4 Å². The SMILES string of the molecule is CN(C)c1ccccc1NC(=O)C1(C#N)CC1. The van der Waals surface area contributed by atoms with E-state index in [2.05, 4.69) is 11.4 Å². The molecule has 0 heterocycles. The molecule has 0 spiro atoms. The molecule has 0 unspecified atom stereocenters. The van der Waals surface area contributed by atoms with Crippen LogP contribution in [0.1, 0.15) is 12.8 Å². The summed E-state index contributed by atoms with van der Waals surface area (Å²) in [6.45, 7) is 0.